The Bertz CT molecular complexity index is 981. The molecule has 1 heterocycles. The van der Waals surface area contributed by atoms with Crippen molar-refractivity contribution in [2.75, 3.05) is 13.7 Å². The van der Waals surface area contributed by atoms with Crippen molar-refractivity contribution in [2.24, 2.45) is 0 Å². The summed E-state index contributed by atoms with van der Waals surface area (Å²) in [6, 6.07) is 14.1. The molecule has 0 aliphatic rings. The zero-order chi connectivity index (χ0) is 17.2. The average Bonchev–Trinajstić information content (AvgIpc) is 3.03. The number of methoxy groups -OCH3 is 1. The number of carbonyl (C=O) groups is 1. The molecular formula is C16H15N3O4S. The fourth-order valence-corrected chi connectivity index (χ4v) is 3.19. The normalized spacial score (nSPS) is 11.5. The number of aromatic nitrogens is 2. The molecule has 7 nitrogen and oxygen atoms in total. The van der Waals surface area contributed by atoms with Gasteiger partial charge in [-0.1, -0.05) is 30.3 Å². The number of fused-ring (bicyclic) bond motifs is 1. The maximum absolute atomic E-state index is 12.2. The van der Waals surface area contributed by atoms with Crippen LogP contribution in [0, 0.1) is 0 Å². The molecule has 24 heavy (non-hydrogen) atoms. The molecule has 0 spiro atoms. The molecule has 2 N–H and O–H groups in total. The van der Waals surface area contributed by atoms with Crippen LogP contribution in [0.4, 0.5) is 0 Å². The minimum absolute atomic E-state index is 0.0437. The lowest BCUT2D eigenvalue weighted by Crippen LogP contribution is -2.30. The number of imidazole rings is 1. The number of rotatable bonds is 5. The monoisotopic (exact) mass is 345 g/mol. The predicted octanol–water partition coefficient (Wildman–Crippen LogP) is 1.68. The molecular weight excluding hydrogens is 330 g/mol. The topological polar surface area (TPSA) is 101 Å². The Morgan fingerprint density at radius 2 is 1.96 bits per heavy atom. The highest BCUT2D eigenvalue weighted by Gasteiger charge is 2.17. The van der Waals surface area contributed by atoms with Gasteiger partial charge in [-0.3, -0.25) is 4.79 Å². The molecule has 2 aromatic carbocycles. The minimum Gasteiger partial charge on any atom is -0.468 e. The van der Waals surface area contributed by atoms with Crippen LogP contribution in [0.25, 0.3) is 22.4 Å². The third-order valence-electron chi connectivity index (χ3n) is 3.45. The van der Waals surface area contributed by atoms with Gasteiger partial charge in [0.15, 0.2) is 0 Å². The van der Waals surface area contributed by atoms with Gasteiger partial charge in [0.1, 0.15) is 12.4 Å². The van der Waals surface area contributed by atoms with Gasteiger partial charge in [0.05, 0.1) is 23.0 Å². The summed E-state index contributed by atoms with van der Waals surface area (Å²) in [5.41, 5.74) is 2.15. The summed E-state index contributed by atoms with van der Waals surface area (Å²) in [5, 5.41) is 0. The molecule has 0 saturated heterocycles. The van der Waals surface area contributed by atoms with Crippen LogP contribution in [0.1, 0.15) is 0 Å². The summed E-state index contributed by atoms with van der Waals surface area (Å²) in [6.07, 6.45) is 0. The molecule has 1 aromatic heterocycles. The van der Waals surface area contributed by atoms with E-state index in [2.05, 4.69) is 19.4 Å². The van der Waals surface area contributed by atoms with Crippen molar-refractivity contribution < 1.29 is 17.9 Å². The van der Waals surface area contributed by atoms with Crippen LogP contribution in [-0.2, 0) is 19.6 Å². The Labute approximate surface area is 138 Å². The van der Waals surface area contributed by atoms with E-state index in [1.54, 1.807) is 6.07 Å². The van der Waals surface area contributed by atoms with Gasteiger partial charge in [-0.15, -0.1) is 0 Å². The maximum atomic E-state index is 12.2. The highest BCUT2D eigenvalue weighted by Crippen LogP contribution is 2.22. The lowest BCUT2D eigenvalue weighted by molar-refractivity contribution is -0.139. The van der Waals surface area contributed by atoms with E-state index in [-0.39, 0.29) is 4.90 Å². The van der Waals surface area contributed by atoms with Gasteiger partial charge in [-0.2, -0.15) is 4.72 Å². The molecule has 3 aromatic rings. The fourth-order valence-electron chi connectivity index (χ4n) is 2.20. The molecule has 124 valence electrons. The molecule has 0 fully saturated rings. The number of benzene rings is 2. The van der Waals surface area contributed by atoms with Crippen molar-refractivity contribution in [1.82, 2.24) is 14.7 Å². The van der Waals surface area contributed by atoms with E-state index in [9.17, 15) is 13.2 Å². The number of nitrogens with one attached hydrogen (secondary N) is 2. The molecule has 0 radical (unpaired) electrons. The largest absolute Gasteiger partial charge is 0.468 e. The predicted molar refractivity (Wildman–Crippen MR) is 88.7 cm³/mol. The Balaban J connectivity index is 1.92. The number of sulfonamides is 1. The third kappa shape index (κ3) is 3.29. The summed E-state index contributed by atoms with van der Waals surface area (Å²) >= 11 is 0. The number of aromatic amines is 1. The lowest BCUT2D eigenvalue weighted by atomic mass is 10.2. The molecule has 0 unspecified atom stereocenters. The number of nitrogens with zero attached hydrogens (tertiary/aromatic N) is 1. The first-order chi connectivity index (χ1) is 11.5. The van der Waals surface area contributed by atoms with Crippen LogP contribution in [-0.4, -0.2) is 38.0 Å². The second-order valence-corrected chi connectivity index (χ2v) is 6.80. The number of H-pyrrole nitrogens is 1. The summed E-state index contributed by atoms with van der Waals surface area (Å²) in [4.78, 5) is 18.7. The summed E-state index contributed by atoms with van der Waals surface area (Å²) in [6.45, 7) is -0.422. The molecule has 0 aliphatic heterocycles. The summed E-state index contributed by atoms with van der Waals surface area (Å²) in [5.74, 6) is -0.00442. The number of ether oxygens (including phenoxy) is 1. The fraction of sp³-hybridized carbons (Fsp3) is 0.125. The van der Waals surface area contributed by atoms with Crippen molar-refractivity contribution >= 4 is 27.0 Å². The van der Waals surface area contributed by atoms with E-state index >= 15 is 0 Å². The number of hydrogen-bond donors (Lipinski definition) is 2. The Morgan fingerprint density at radius 1 is 1.21 bits per heavy atom. The summed E-state index contributed by atoms with van der Waals surface area (Å²) < 4.78 is 31.1. The SMILES string of the molecule is COC(=O)CNS(=O)(=O)c1ccc2nc(-c3ccccc3)[nH]c2c1. The van der Waals surface area contributed by atoms with Crippen LogP contribution >= 0.6 is 0 Å². The standard InChI is InChI=1S/C16H15N3O4S/c1-23-15(20)10-17-24(21,22)12-7-8-13-14(9-12)19-16(18-13)11-5-3-2-4-6-11/h2-9,17H,10H2,1H3,(H,18,19). The molecule has 0 bridgehead atoms. The van der Waals surface area contributed by atoms with E-state index in [1.807, 2.05) is 30.3 Å². The molecule has 0 saturated carbocycles. The second-order valence-electron chi connectivity index (χ2n) is 5.03. The quantitative estimate of drug-likeness (QED) is 0.685. The zero-order valence-corrected chi connectivity index (χ0v) is 13.6. The van der Waals surface area contributed by atoms with Crippen molar-refractivity contribution in [3.63, 3.8) is 0 Å². The third-order valence-corrected chi connectivity index (χ3v) is 4.84. The van der Waals surface area contributed by atoms with E-state index in [4.69, 9.17) is 0 Å². The highest BCUT2D eigenvalue weighted by atomic mass is 32.2. The zero-order valence-electron chi connectivity index (χ0n) is 12.8. The van der Waals surface area contributed by atoms with Gasteiger partial charge in [-0.25, -0.2) is 13.4 Å². The van der Waals surface area contributed by atoms with Gasteiger partial charge in [0, 0.05) is 5.56 Å². The van der Waals surface area contributed by atoms with Crippen molar-refractivity contribution in [1.29, 1.82) is 0 Å². The van der Waals surface area contributed by atoms with Crippen LogP contribution in [0.3, 0.4) is 0 Å². The van der Waals surface area contributed by atoms with Crippen molar-refractivity contribution in [2.45, 2.75) is 4.90 Å². The Hall–Kier alpha value is -2.71. The van der Waals surface area contributed by atoms with Crippen LogP contribution in [0.15, 0.2) is 53.4 Å². The molecule has 0 atom stereocenters. The Morgan fingerprint density at radius 3 is 2.67 bits per heavy atom. The van der Waals surface area contributed by atoms with E-state index < -0.39 is 22.5 Å². The van der Waals surface area contributed by atoms with E-state index in [0.29, 0.717) is 16.9 Å². The van der Waals surface area contributed by atoms with Crippen molar-refractivity contribution in [3.05, 3.63) is 48.5 Å². The Kier molecular flexibility index (Phi) is 4.32. The molecule has 3 rings (SSSR count). The second kappa shape index (κ2) is 6.42. The van der Waals surface area contributed by atoms with Crippen LogP contribution in [0.5, 0.6) is 0 Å². The smallest absolute Gasteiger partial charge is 0.320 e. The first-order valence-electron chi connectivity index (χ1n) is 7.11. The van der Waals surface area contributed by atoms with Gasteiger partial charge in [0.25, 0.3) is 0 Å². The molecule has 0 aliphatic carbocycles. The minimum atomic E-state index is -3.81. The maximum Gasteiger partial charge on any atom is 0.320 e. The number of esters is 1. The van der Waals surface area contributed by atoms with Gasteiger partial charge in [-0.05, 0) is 18.2 Å². The lowest BCUT2D eigenvalue weighted by Gasteiger charge is -2.05. The molecule has 0 amide bonds. The van der Waals surface area contributed by atoms with Crippen LogP contribution < -0.4 is 4.72 Å². The molecule has 8 heteroatoms. The van der Waals surface area contributed by atoms with Gasteiger partial charge >= 0.3 is 5.97 Å². The van der Waals surface area contributed by atoms with Gasteiger partial charge < -0.3 is 9.72 Å². The van der Waals surface area contributed by atoms with E-state index in [1.165, 1.54) is 19.2 Å². The average molecular weight is 345 g/mol. The highest BCUT2D eigenvalue weighted by molar-refractivity contribution is 7.89. The first-order valence-corrected chi connectivity index (χ1v) is 8.59. The number of carbonyl (C=O) groups excluding carboxylic acids is 1. The van der Waals surface area contributed by atoms with Crippen LogP contribution in [0.2, 0.25) is 0 Å². The summed E-state index contributed by atoms with van der Waals surface area (Å²) in [7, 11) is -2.62. The van der Waals surface area contributed by atoms with Crippen molar-refractivity contribution in [3.8, 4) is 11.4 Å². The first kappa shape index (κ1) is 16.2. The number of hydrogen-bond acceptors (Lipinski definition) is 5. The van der Waals surface area contributed by atoms with E-state index in [0.717, 1.165) is 5.56 Å². The van der Waals surface area contributed by atoms with Gasteiger partial charge in [0.2, 0.25) is 10.0 Å².